The Morgan fingerprint density at radius 2 is 1.69 bits per heavy atom. The second kappa shape index (κ2) is 8.62. The highest BCUT2D eigenvalue weighted by atomic mass is 32.1. The van der Waals surface area contributed by atoms with Gasteiger partial charge in [-0.05, 0) is 60.5 Å². The highest BCUT2D eigenvalue weighted by Crippen LogP contribution is 2.36. The first-order valence-corrected chi connectivity index (χ1v) is 10.8. The number of benzene rings is 2. The van der Waals surface area contributed by atoms with Gasteiger partial charge >= 0.3 is 5.97 Å². The number of aryl methyl sites for hydroxylation is 1. The lowest BCUT2D eigenvalue weighted by Crippen LogP contribution is -2.18. The molecule has 5 heteroatoms. The lowest BCUT2D eigenvalue weighted by Gasteiger charge is -2.22. The minimum atomic E-state index is -0.983. The highest BCUT2D eigenvalue weighted by Gasteiger charge is 2.18. The van der Waals surface area contributed by atoms with E-state index in [9.17, 15) is 9.59 Å². The summed E-state index contributed by atoms with van der Waals surface area (Å²) in [7, 11) is 0. The number of hydrogen-bond acceptors (Lipinski definition) is 4. The molecule has 0 spiro atoms. The van der Waals surface area contributed by atoms with Crippen molar-refractivity contribution in [2.45, 2.75) is 25.7 Å². The largest absolute Gasteiger partial charge is 0.478 e. The van der Waals surface area contributed by atoms with Gasteiger partial charge in [-0.3, -0.25) is 4.79 Å². The first-order chi connectivity index (χ1) is 14.1. The van der Waals surface area contributed by atoms with Crippen molar-refractivity contribution in [3.05, 3.63) is 76.7 Å². The number of thiophene rings is 1. The van der Waals surface area contributed by atoms with E-state index in [1.165, 1.54) is 41.1 Å². The average Bonchev–Trinajstić information content (AvgIpc) is 3.46. The fourth-order valence-electron chi connectivity index (χ4n) is 3.80. The molecule has 4 rings (SSSR count). The molecule has 0 bridgehead atoms. The molecule has 0 atom stereocenters. The SMILES string of the molecule is O=C(O)c1ccc(C(=O)CCc2ccc(N3CCCC3)c(-c3cccs3)c2)cc1. The number of hydrogen-bond donors (Lipinski definition) is 1. The molecule has 0 aliphatic carbocycles. The van der Waals surface area contributed by atoms with Gasteiger partial charge in [0, 0.05) is 41.2 Å². The van der Waals surface area contributed by atoms with Gasteiger partial charge in [0.05, 0.1) is 5.56 Å². The van der Waals surface area contributed by atoms with E-state index in [1.54, 1.807) is 23.5 Å². The maximum atomic E-state index is 12.5. The van der Waals surface area contributed by atoms with E-state index in [-0.39, 0.29) is 11.3 Å². The van der Waals surface area contributed by atoms with Crippen LogP contribution in [0.2, 0.25) is 0 Å². The van der Waals surface area contributed by atoms with Gasteiger partial charge in [-0.1, -0.05) is 24.3 Å². The van der Waals surface area contributed by atoms with Gasteiger partial charge in [0.25, 0.3) is 0 Å². The molecule has 0 saturated carbocycles. The van der Waals surface area contributed by atoms with Gasteiger partial charge in [0.1, 0.15) is 0 Å². The highest BCUT2D eigenvalue weighted by molar-refractivity contribution is 7.13. The van der Waals surface area contributed by atoms with Crippen LogP contribution < -0.4 is 4.90 Å². The molecule has 2 heterocycles. The van der Waals surface area contributed by atoms with Crippen LogP contribution in [0.1, 0.15) is 45.5 Å². The van der Waals surface area contributed by atoms with Crippen LogP contribution in [0, 0.1) is 0 Å². The van der Waals surface area contributed by atoms with Crippen LogP contribution >= 0.6 is 11.3 Å². The number of carbonyl (C=O) groups excluding carboxylic acids is 1. The summed E-state index contributed by atoms with van der Waals surface area (Å²) in [6, 6.07) is 16.9. The number of nitrogens with zero attached hydrogens (tertiary/aromatic N) is 1. The third-order valence-electron chi connectivity index (χ3n) is 5.39. The molecular weight excluding hydrogens is 382 g/mol. The van der Waals surface area contributed by atoms with Crippen LogP contribution in [-0.4, -0.2) is 29.9 Å². The number of carboxylic acid groups (broad SMARTS) is 1. The van der Waals surface area contributed by atoms with Crippen LogP contribution in [0.3, 0.4) is 0 Å². The summed E-state index contributed by atoms with van der Waals surface area (Å²) in [4.78, 5) is 27.2. The van der Waals surface area contributed by atoms with E-state index in [2.05, 4.69) is 40.6 Å². The van der Waals surface area contributed by atoms with Crippen LogP contribution in [0.25, 0.3) is 10.4 Å². The van der Waals surface area contributed by atoms with Gasteiger partial charge in [-0.25, -0.2) is 4.79 Å². The maximum Gasteiger partial charge on any atom is 0.335 e. The summed E-state index contributed by atoms with van der Waals surface area (Å²) < 4.78 is 0. The Hall–Kier alpha value is -2.92. The van der Waals surface area contributed by atoms with E-state index >= 15 is 0 Å². The Bertz CT molecular complexity index is 1000. The second-order valence-electron chi connectivity index (χ2n) is 7.33. The fraction of sp³-hybridized carbons (Fsp3) is 0.250. The molecule has 3 aromatic rings. The molecule has 2 aromatic carbocycles. The van der Waals surface area contributed by atoms with Crippen LogP contribution in [0.5, 0.6) is 0 Å². The predicted molar refractivity (Wildman–Crippen MR) is 117 cm³/mol. The van der Waals surface area contributed by atoms with Gasteiger partial charge < -0.3 is 10.0 Å². The molecule has 1 aromatic heterocycles. The zero-order valence-electron chi connectivity index (χ0n) is 16.1. The zero-order valence-corrected chi connectivity index (χ0v) is 17.0. The zero-order chi connectivity index (χ0) is 20.2. The van der Waals surface area contributed by atoms with Crippen molar-refractivity contribution in [1.82, 2.24) is 0 Å². The molecule has 1 aliphatic heterocycles. The van der Waals surface area contributed by atoms with Gasteiger partial charge in [-0.15, -0.1) is 11.3 Å². The fourth-order valence-corrected chi connectivity index (χ4v) is 4.55. The third-order valence-corrected chi connectivity index (χ3v) is 6.29. The van der Waals surface area contributed by atoms with Crippen LogP contribution in [-0.2, 0) is 6.42 Å². The number of anilines is 1. The van der Waals surface area contributed by atoms with Crippen molar-refractivity contribution >= 4 is 28.8 Å². The summed E-state index contributed by atoms with van der Waals surface area (Å²) in [5.74, 6) is -0.952. The Balaban J connectivity index is 1.50. The Kier molecular flexibility index (Phi) is 5.76. The topological polar surface area (TPSA) is 57.6 Å². The summed E-state index contributed by atoms with van der Waals surface area (Å²) in [5.41, 5.74) is 4.43. The van der Waals surface area contributed by atoms with Crippen LogP contribution in [0.4, 0.5) is 5.69 Å². The van der Waals surface area contributed by atoms with E-state index in [0.29, 0.717) is 18.4 Å². The maximum absolute atomic E-state index is 12.5. The van der Waals surface area contributed by atoms with E-state index < -0.39 is 5.97 Å². The summed E-state index contributed by atoms with van der Waals surface area (Å²) in [5, 5.41) is 11.1. The minimum absolute atomic E-state index is 0.0308. The van der Waals surface area contributed by atoms with Crippen molar-refractivity contribution < 1.29 is 14.7 Å². The lowest BCUT2D eigenvalue weighted by atomic mass is 9.99. The number of carboxylic acids is 1. The average molecular weight is 406 g/mol. The number of Topliss-reactive ketones (excluding diaryl/α,β-unsaturated/α-hetero) is 1. The van der Waals surface area contributed by atoms with Crippen molar-refractivity contribution in [2.75, 3.05) is 18.0 Å². The summed E-state index contributed by atoms with van der Waals surface area (Å²) in [6.45, 7) is 2.20. The van der Waals surface area contributed by atoms with Gasteiger partial charge in [-0.2, -0.15) is 0 Å². The molecule has 29 heavy (non-hydrogen) atoms. The van der Waals surface area contributed by atoms with Crippen molar-refractivity contribution in [1.29, 1.82) is 0 Å². The van der Waals surface area contributed by atoms with E-state index in [1.807, 2.05) is 0 Å². The van der Waals surface area contributed by atoms with Crippen molar-refractivity contribution in [2.24, 2.45) is 0 Å². The van der Waals surface area contributed by atoms with Gasteiger partial charge in [0.2, 0.25) is 0 Å². The number of aromatic carboxylic acids is 1. The molecule has 1 N–H and O–H groups in total. The Labute approximate surface area is 174 Å². The summed E-state index contributed by atoms with van der Waals surface area (Å²) in [6.07, 6.45) is 3.54. The molecule has 4 nitrogen and oxygen atoms in total. The number of rotatable bonds is 7. The standard InChI is InChI=1S/C24H23NO3S/c26-22(18-7-9-19(10-8-18)24(27)28)12-6-17-5-11-21(25-13-1-2-14-25)20(16-17)23-4-3-15-29-23/h3-5,7-11,15-16H,1-2,6,12-14H2,(H,27,28). The molecule has 1 aliphatic rings. The quantitative estimate of drug-likeness (QED) is 0.525. The monoisotopic (exact) mass is 405 g/mol. The normalized spacial score (nSPS) is 13.6. The van der Waals surface area contributed by atoms with Crippen LogP contribution in [0.15, 0.2) is 60.0 Å². The lowest BCUT2D eigenvalue weighted by molar-refractivity contribution is 0.0696. The molecule has 0 radical (unpaired) electrons. The third kappa shape index (κ3) is 4.40. The van der Waals surface area contributed by atoms with Gasteiger partial charge in [0.15, 0.2) is 5.78 Å². The first kappa shape index (κ1) is 19.4. The smallest absolute Gasteiger partial charge is 0.335 e. The molecular formula is C24H23NO3S. The summed E-state index contributed by atoms with van der Waals surface area (Å²) >= 11 is 1.74. The molecule has 1 saturated heterocycles. The predicted octanol–water partition coefficient (Wildman–Crippen LogP) is 5.53. The number of carbonyl (C=O) groups is 2. The van der Waals surface area contributed by atoms with Crippen molar-refractivity contribution in [3.8, 4) is 10.4 Å². The molecule has 0 unspecified atom stereocenters. The van der Waals surface area contributed by atoms with Crippen molar-refractivity contribution in [3.63, 3.8) is 0 Å². The second-order valence-corrected chi connectivity index (χ2v) is 8.28. The minimum Gasteiger partial charge on any atom is -0.478 e. The molecule has 148 valence electrons. The van der Waals surface area contributed by atoms with E-state index in [0.717, 1.165) is 18.7 Å². The van der Waals surface area contributed by atoms with E-state index in [4.69, 9.17) is 5.11 Å². The molecule has 1 fully saturated rings. The first-order valence-electron chi connectivity index (χ1n) is 9.90. The Morgan fingerprint density at radius 1 is 0.966 bits per heavy atom. The molecule has 0 amide bonds. The Morgan fingerprint density at radius 3 is 2.34 bits per heavy atom. The number of ketones is 1.